The first-order valence-corrected chi connectivity index (χ1v) is 8.67. The minimum absolute atomic E-state index is 0.110. The van der Waals surface area contributed by atoms with Crippen molar-refractivity contribution in [2.75, 3.05) is 6.54 Å². The highest BCUT2D eigenvalue weighted by molar-refractivity contribution is 6.30. The van der Waals surface area contributed by atoms with Crippen molar-refractivity contribution in [1.82, 2.24) is 5.32 Å². The van der Waals surface area contributed by atoms with Crippen LogP contribution in [0.25, 0.3) is 0 Å². The number of nitro benzene ring substituents is 2. The molecule has 8 nitrogen and oxygen atoms in total. The summed E-state index contributed by atoms with van der Waals surface area (Å²) in [7, 11) is 0. The van der Waals surface area contributed by atoms with Gasteiger partial charge in [0.2, 0.25) is 0 Å². The van der Waals surface area contributed by atoms with Crippen molar-refractivity contribution in [3.63, 3.8) is 0 Å². The number of hydrogen-bond acceptors (Lipinski definition) is 5. The summed E-state index contributed by atoms with van der Waals surface area (Å²) in [6, 6.07) is 10.3. The van der Waals surface area contributed by atoms with Gasteiger partial charge in [0.15, 0.2) is 0 Å². The number of nitrogens with zero attached hydrogens (tertiary/aromatic N) is 2. The van der Waals surface area contributed by atoms with Gasteiger partial charge in [-0.15, -0.1) is 0 Å². The Morgan fingerprint density at radius 1 is 1.04 bits per heavy atom. The van der Waals surface area contributed by atoms with Crippen LogP contribution in [0.5, 0.6) is 0 Å². The van der Waals surface area contributed by atoms with E-state index in [0.717, 1.165) is 43.0 Å². The third kappa shape index (κ3) is 3.90. The van der Waals surface area contributed by atoms with E-state index in [1.165, 1.54) is 0 Å². The van der Waals surface area contributed by atoms with Gasteiger partial charge in [-0.3, -0.25) is 25.0 Å². The molecule has 0 unspecified atom stereocenters. The monoisotopic (exact) mass is 389 g/mol. The Morgan fingerprint density at radius 3 is 2.04 bits per heavy atom. The number of halogens is 1. The molecule has 0 aliphatic heterocycles. The number of rotatable bonds is 6. The molecule has 0 saturated heterocycles. The highest BCUT2D eigenvalue weighted by atomic mass is 35.5. The molecule has 140 valence electrons. The van der Waals surface area contributed by atoms with E-state index >= 15 is 0 Å². The zero-order valence-corrected chi connectivity index (χ0v) is 14.9. The standard InChI is InChI=1S/C18H16ClN3O5/c19-14-4-2-13(3-5-14)18(6-1-7-18)11-20-17(23)12-8-15(21(24)25)10-16(9-12)22(26)27/h2-5,8-10H,1,6-7,11H2,(H,20,23). The Bertz CT molecular complexity index is 877. The molecule has 3 rings (SSSR count). The lowest BCUT2D eigenvalue weighted by Gasteiger charge is -2.42. The topological polar surface area (TPSA) is 115 Å². The predicted octanol–water partition coefficient (Wildman–Crippen LogP) is 4.01. The largest absolute Gasteiger partial charge is 0.351 e. The van der Waals surface area contributed by atoms with Crippen molar-refractivity contribution in [2.24, 2.45) is 0 Å². The summed E-state index contributed by atoms with van der Waals surface area (Å²) in [5, 5.41) is 25.3. The van der Waals surface area contributed by atoms with Gasteiger partial charge in [-0.1, -0.05) is 30.2 Å². The number of carbonyl (C=O) groups excluding carboxylic acids is 1. The molecule has 1 saturated carbocycles. The highest BCUT2D eigenvalue weighted by Gasteiger charge is 2.39. The molecule has 1 aliphatic rings. The van der Waals surface area contributed by atoms with Crippen molar-refractivity contribution >= 4 is 28.9 Å². The van der Waals surface area contributed by atoms with Crippen LogP contribution in [0, 0.1) is 20.2 Å². The van der Waals surface area contributed by atoms with Crippen molar-refractivity contribution in [1.29, 1.82) is 0 Å². The van der Waals surface area contributed by atoms with Gasteiger partial charge in [0.05, 0.1) is 21.5 Å². The van der Waals surface area contributed by atoms with Crippen LogP contribution < -0.4 is 5.32 Å². The second-order valence-corrected chi connectivity index (χ2v) is 7.01. The molecule has 0 atom stereocenters. The quantitative estimate of drug-likeness (QED) is 0.592. The molecule has 2 aromatic carbocycles. The molecule has 27 heavy (non-hydrogen) atoms. The van der Waals surface area contributed by atoms with E-state index in [4.69, 9.17) is 11.6 Å². The van der Waals surface area contributed by atoms with Crippen LogP contribution in [0.4, 0.5) is 11.4 Å². The Balaban J connectivity index is 1.80. The first-order valence-electron chi connectivity index (χ1n) is 8.29. The molecule has 0 aromatic heterocycles. The summed E-state index contributed by atoms with van der Waals surface area (Å²) in [5.41, 5.74) is -0.256. The average Bonchev–Trinajstić information content (AvgIpc) is 2.61. The summed E-state index contributed by atoms with van der Waals surface area (Å²) < 4.78 is 0. The number of non-ortho nitro benzene ring substituents is 2. The predicted molar refractivity (Wildman–Crippen MR) is 99.1 cm³/mol. The van der Waals surface area contributed by atoms with Gasteiger partial charge >= 0.3 is 0 Å². The number of benzene rings is 2. The fraction of sp³-hybridized carbons (Fsp3) is 0.278. The Labute approximate surface area is 159 Å². The molecule has 2 aromatic rings. The first-order chi connectivity index (χ1) is 12.8. The molecule has 0 heterocycles. The number of hydrogen-bond donors (Lipinski definition) is 1. The van der Waals surface area contributed by atoms with Gasteiger partial charge in [0.25, 0.3) is 17.3 Å². The van der Waals surface area contributed by atoms with Crippen molar-refractivity contribution in [2.45, 2.75) is 24.7 Å². The molecule has 9 heteroatoms. The summed E-state index contributed by atoms with van der Waals surface area (Å²) in [6.45, 7) is 0.337. The lowest BCUT2D eigenvalue weighted by molar-refractivity contribution is -0.394. The van der Waals surface area contributed by atoms with Crippen LogP contribution in [0.2, 0.25) is 5.02 Å². The second kappa shape index (κ2) is 7.32. The van der Waals surface area contributed by atoms with Crippen LogP contribution in [-0.2, 0) is 5.41 Å². The van der Waals surface area contributed by atoms with Gasteiger partial charge in [0, 0.05) is 29.1 Å². The molecule has 0 radical (unpaired) electrons. The summed E-state index contributed by atoms with van der Waals surface area (Å²) in [5.74, 6) is -0.581. The third-order valence-corrected chi connectivity index (χ3v) is 5.19. The van der Waals surface area contributed by atoms with Crippen LogP contribution in [0.3, 0.4) is 0 Å². The highest BCUT2D eigenvalue weighted by Crippen LogP contribution is 2.43. The van der Waals surface area contributed by atoms with Crippen molar-refractivity contribution in [3.8, 4) is 0 Å². The van der Waals surface area contributed by atoms with Gasteiger partial charge in [-0.2, -0.15) is 0 Å². The molecule has 0 spiro atoms. The van der Waals surface area contributed by atoms with E-state index in [2.05, 4.69) is 5.32 Å². The van der Waals surface area contributed by atoms with Gasteiger partial charge < -0.3 is 5.32 Å². The molecule has 1 aliphatic carbocycles. The Morgan fingerprint density at radius 2 is 1.59 bits per heavy atom. The molecular formula is C18H16ClN3O5. The van der Waals surface area contributed by atoms with E-state index in [-0.39, 0.29) is 11.0 Å². The second-order valence-electron chi connectivity index (χ2n) is 6.58. The maximum absolute atomic E-state index is 12.5. The molecule has 0 bridgehead atoms. The fourth-order valence-electron chi connectivity index (χ4n) is 3.26. The lowest BCUT2D eigenvalue weighted by Crippen LogP contribution is -2.45. The summed E-state index contributed by atoms with van der Waals surface area (Å²) >= 11 is 5.93. The normalized spacial score (nSPS) is 14.9. The molecule has 1 N–H and O–H groups in total. The SMILES string of the molecule is O=C(NCC1(c2ccc(Cl)cc2)CCC1)c1cc([N+](=O)[O-])cc([N+](=O)[O-])c1. The minimum atomic E-state index is -0.759. The number of amides is 1. The van der Waals surface area contributed by atoms with Gasteiger partial charge in [-0.25, -0.2) is 0 Å². The van der Waals surface area contributed by atoms with E-state index in [0.29, 0.717) is 11.6 Å². The molecule has 1 amide bonds. The Kier molecular flexibility index (Phi) is 5.09. The first kappa shape index (κ1) is 18.8. The fourth-order valence-corrected chi connectivity index (χ4v) is 3.39. The molecular weight excluding hydrogens is 374 g/mol. The van der Waals surface area contributed by atoms with Crippen LogP contribution in [0.1, 0.15) is 35.2 Å². The van der Waals surface area contributed by atoms with Crippen LogP contribution >= 0.6 is 11.6 Å². The third-order valence-electron chi connectivity index (χ3n) is 4.94. The van der Waals surface area contributed by atoms with E-state index in [9.17, 15) is 25.0 Å². The van der Waals surface area contributed by atoms with Gasteiger partial charge in [0.1, 0.15) is 0 Å². The lowest BCUT2D eigenvalue weighted by atomic mass is 9.64. The van der Waals surface area contributed by atoms with Crippen LogP contribution in [-0.4, -0.2) is 22.3 Å². The van der Waals surface area contributed by atoms with E-state index < -0.39 is 27.1 Å². The maximum atomic E-state index is 12.5. The zero-order chi connectivity index (χ0) is 19.6. The Hall–Kier alpha value is -3.00. The summed E-state index contributed by atoms with van der Waals surface area (Å²) in [6.07, 6.45) is 2.81. The van der Waals surface area contributed by atoms with Crippen molar-refractivity contribution < 1.29 is 14.6 Å². The van der Waals surface area contributed by atoms with E-state index in [1.807, 2.05) is 12.1 Å². The van der Waals surface area contributed by atoms with Gasteiger partial charge in [-0.05, 0) is 30.5 Å². The molecule has 1 fully saturated rings. The minimum Gasteiger partial charge on any atom is -0.351 e. The van der Waals surface area contributed by atoms with Crippen LogP contribution in [0.15, 0.2) is 42.5 Å². The number of nitro groups is 2. The zero-order valence-electron chi connectivity index (χ0n) is 14.2. The van der Waals surface area contributed by atoms with E-state index in [1.54, 1.807) is 12.1 Å². The maximum Gasteiger partial charge on any atom is 0.277 e. The average molecular weight is 390 g/mol. The summed E-state index contributed by atoms with van der Waals surface area (Å²) in [4.78, 5) is 32.9. The smallest absolute Gasteiger partial charge is 0.277 e. The number of carbonyl (C=O) groups is 1. The van der Waals surface area contributed by atoms with Crippen molar-refractivity contribution in [3.05, 3.63) is 78.8 Å². The number of nitrogens with one attached hydrogen (secondary N) is 1.